The fourth-order valence-corrected chi connectivity index (χ4v) is 6.37. The number of nitrogens with one attached hydrogen (secondary N) is 1. The summed E-state index contributed by atoms with van der Waals surface area (Å²) in [4.78, 5) is 47.8. The summed E-state index contributed by atoms with van der Waals surface area (Å²) in [6.45, 7) is 6.51. The molecule has 3 aromatic rings. The van der Waals surface area contributed by atoms with Crippen molar-refractivity contribution >= 4 is 42.0 Å². The highest BCUT2D eigenvalue weighted by atomic mass is 32.1. The number of aromatic nitrogens is 1. The molecule has 2 aromatic carbocycles. The number of aliphatic imine (C=N–C) groups is 1. The van der Waals surface area contributed by atoms with Gasteiger partial charge in [0.2, 0.25) is 12.2 Å². The molecule has 0 bridgehead atoms. The number of quaternary nitrogens is 1. The number of rotatable bonds is 13. The lowest BCUT2D eigenvalue weighted by Crippen LogP contribution is -2.54. The molecule has 1 aliphatic rings. The number of thiazole rings is 1. The number of nitrogens with zero attached hydrogens (tertiary/aromatic N) is 6. The van der Waals surface area contributed by atoms with Crippen molar-refractivity contribution in [3.63, 3.8) is 0 Å². The summed E-state index contributed by atoms with van der Waals surface area (Å²) < 4.78 is 40.4. The highest BCUT2D eigenvalue weighted by Crippen LogP contribution is 2.42. The second-order valence-electron chi connectivity index (χ2n) is 13.1. The lowest BCUT2D eigenvalue weighted by molar-refractivity contribution is -0.848. The van der Waals surface area contributed by atoms with Crippen LogP contribution in [0.2, 0.25) is 0 Å². The Kier molecular flexibility index (Phi) is 12.1. The number of imide groups is 1. The molecule has 0 fully saturated rings. The minimum absolute atomic E-state index is 0.122. The van der Waals surface area contributed by atoms with Crippen molar-refractivity contribution in [1.82, 2.24) is 15.2 Å². The van der Waals surface area contributed by atoms with Gasteiger partial charge in [-0.15, -0.1) is 15.9 Å². The van der Waals surface area contributed by atoms with Crippen molar-refractivity contribution in [1.29, 1.82) is 5.26 Å². The maximum absolute atomic E-state index is 15.5. The van der Waals surface area contributed by atoms with Crippen molar-refractivity contribution in [3.05, 3.63) is 75.6 Å². The van der Waals surface area contributed by atoms with Gasteiger partial charge in [-0.25, -0.2) is 23.5 Å². The highest BCUT2D eigenvalue weighted by Gasteiger charge is 2.49. The van der Waals surface area contributed by atoms with Crippen LogP contribution in [-0.4, -0.2) is 89.7 Å². The number of esters is 1. The molecule has 2 amide bonds. The lowest BCUT2D eigenvalue weighted by Gasteiger charge is -2.38. The lowest BCUT2D eigenvalue weighted by atomic mass is 9.81. The van der Waals surface area contributed by atoms with Gasteiger partial charge in [0.1, 0.15) is 31.3 Å². The van der Waals surface area contributed by atoms with Crippen LogP contribution in [0.25, 0.3) is 11.3 Å². The number of carbonyl (C=O) groups excluding carboxylic acids is 3. The van der Waals surface area contributed by atoms with E-state index in [0.29, 0.717) is 16.3 Å². The van der Waals surface area contributed by atoms with Crippen LogP contribution in [0.5, 0.6) is 0 Å². The van der Waals surface area contributed by atoms with Crippen molar-refractivity contribution in [2.45, 2.75) is 52.4 Å². The maximum atomic E-state index is 15.5. The molecule has 4 atom stereocenters. The molecule has 51 heavy (non-hydrogen) atoms. The summed E-state index contributed by atoms with van der Waals surface area (Å²) in [5.74, 6) is -3.76. The SMILES string of the molecule is CNC(CN(C(=O)OCC[N+]1(C[C@](O)(c2cc(F)ccc2F)[C@@H](C)c2nc(-c3ccc(C#N)cc3)cs2)C=NC=N1)C(=O)C(C)(C)C)OC(C)=O. The van der Waals surface area contributed by atoms with Crippen LogP contribution in [0, 0.1) is 28.4 Å². The third-order valence-electron chi connectivity index (χ3n) is 8.25. The Balaban J connectivity index is 1.62. The van der Waals surface area contributed by atoms with Crippen molar-refractivity contribution in [2.24, 2.45) is 15.5 Å². The van der Waals surface area contributed by atoms with Gasteiger partial charge >= 0.3 is 12.1 Å². The van der Waals surface area contributed by atoms with E-state index in [2.05, 4.69) is 21.5 Å². The summed E-state index contributed by atoms with van der Waals surface area (Å²) in [7, 11) is 1.50. The molecule has 0 radical (unpaired) electrons. The van der Waals surface area contributed by atoms with E-state index in [4.69, 9.17) is 19.7 Å². The Morgan fingerprint density at radius 2 is 1.86 bits per heavy atom. The van der Waals surface area contributed by atoms with Crippen LogP contribution in [0.15, 0.2) is 57.9 Å². The first kappa shape index (κ1) is 38.8. The maximum Gasteiger partial charge on any atom is 0.416 e. The molecular weight excluding hydrogens is 684 g/mol. The van der Waals surface area contributed by atoms with Gasteiger partial charge in [-0.1, -0.05) is 44.9 Å². The average molecular weight is 725 g/mol. The van der Waals surface area contributed by atoms with Gasteiger partial charge in [0, 0.05) is 34.8 Å². The molecule has 0 saturated heterocycles. The molecule has 13 nitrogen and oxygen atoms in total. The molecule has 1 aromatic heterocycles. The van der Waals surface area contributed by atoms with Crippen molar-refractivity contribution in [2.75, 3.05) is 33.3 Å². The van der Waals surface area contributed by atoms with E-state index in [1.807, 2.05) is 0 Å². The molecule has 0 aliphatic carbocycles. The van der Waals surface area contributed by atoms with Crippen LogP contribution in [0.4, 0.5) is 13.6 Å². The zero-order valence-electron chi connectivity index (χ0n) is 29.1. The Hall–Kier alpha value is -4.95. The van der Waals surface area contributed by atoms with Crippen LogP contribution < -0.4 is 5.32 Å². The second-order valence-corrected chi connectivity index (χ2v) is 14.0. The van der Waals surface area contributed by atoms with Gasteiger partial charge in [-0.3, -0.25) is 14.9 Å². The number of ether oxygens (including phenoxy) is 2. The first-order valence-corrected chi connectivity index (χ1v) is 16.8. The molecule has 2 N–H and O–H groups in total. The van der Waals surface area contributed by atoms with E-state index in [1.165, 1.54) is 38.0 Å². The van der Waals surface area contributed by atoms with Crippen LogP contribution in [-0.2, 0) is 24.7 Å². The molecule has 2 heterocycles. The smallest absolute Gasteiger partial charge is 0.416 e. The molecule has 16 heteroatoms. The second kappa shape index (κ2) is 15.9. The van der Waals surface area contributed by atoms with E-state index in [-0.39, 0.29) is 31.8 Å². The van der Waals surface area contributed by atoms with E-state index in [0.717, 1.165) is 28.7 Å². The first-order valence-electron chi connectivity index (χ1n) is 15.9. The molecule has 4 rings (SSSR count). The van der Waals surface area contributed by atoms with E-state index in [9.17, 15) is 23.9 Å². The average Bonchev–Trinajstić information content (AvgIpc) is 3.77. The molecular formula is C35H40F2N7O6S+. The van der Waals surface area contributed by atoms with Crippen molar-refractivity contribution in [3.8, 4) is 17.3 Å². The number of likely N-dealkylation sites (N-methyl/N-ethyl adjacent to an activating group) is 1. The minimum Gasteiger partial charge on any atom is -0.445 e. The number of benzene rings is 2. The minimum atomic E-state index is -2.14. The third kappa shape index (κ3) is 9.24. The number of aliphatic hydroxyl groups is 1. The van der Waals surface area contributed by atoms with Gasteiger partial charge in [-0.05, 0) is 37.4 Å². The zero-order valence-corrected chi connectivity index (χ0v) is 29.9. The number of amides is 2. The summed E-state index contributed by atoms with van der Waals surface area (Å²) in [6.07, 6.45) is 0.588. The van der Waals surface area contributed by atoms with Gasteiger partial charge in [0.15, 0.2) is 18.2 Å². The van der Waals surface area contributed by atoms with Gasteiger partial charge in [0.25, 0.3) is 0 Å². The standard InChI is InChI=1S/C35H40F2N7O6S/c1-22(31-42-29(18-51-31)25-9-7-24(16-38)8-10-25)35(48,27-15-26(36)11-12-28(27)37)19-44(21-40-20-41-44)13-14-49-33(47)43(32(46)34(3,4)5)17-30(39-6)50-23(2)45/h7-12,15,18,20-22,30,39,48H,13-14,17,19H2,1-6H3/q+1/t22-,30?,35+,44?/m0/s1. The zero-order chi connectivity index (χ0) is 37.6. The normalized spacial score (nSPS) is 17.6. The van der Waals surface area contributed by atoms with Crippen molar-refractivity contribution < 1.29 is 42.3 Å². The summed E-state index contributed by atoms with van der Waals surface area (Å²) in [6, 6.07) is 11.6. The van der Waals surface area contributed by atoms with E-state index >= 15 is 4.39 Å². The Bertz CT molecular complexity index is 1840. The fraction of sp³-hybridized carbons (Fsp3) is 0.400. The predicted molar refractivity (Wildman–Crippen MR) is 185 cm³/mol. The van der Waals surface area contributed by atoms with Gasteiger partial charge in [0.05, 0.1) is 28.9 Å². The van der Waals surface area contributed by atoms with E-state index < -0.39 is 57.4 Å². The van der Waals surface area contributed by atoms with Crippen LogP contribution in [0.1, 0.15) is 56.7 Å². The highest BCUT2D eigenvalue weighted by molar-refractivity contribution is 7.10. The van der Waals surface area contributed by atoms with E-state index in [1.54, 1.807) is 57.3 Å². The largest absolute Gasteiger partial charge is 0.445 e. The van der Waals surface area contributed by atoms with Crippen LogP contribution >= 0.6 is 11.3 Å². The third-order valence-corrected chi connectivity index (χ3v) is 9.28. The predicted octanol–water partition coefficient (Wildman–Crippen LogP) is 4.87. The molecule has 0 spiro atoms. The summed E-state index contributed by atoms with van der Waals surface area (Å²) >= 11 is 1.22. The fourth-order valence-electron chi connectivity index (χ4n) is 5.40. The summed E-state index contributed by atoms with van der Waals surface area (Å²) in [5.41, 5.74) is -1.70. The number of halogens is 2. The molecule has 270 valence electrons. The first-order chi connectivity index (χ1) is 24.0. The number of hydrogen-bond acceptors (Lipinski definition) is 12. The quantitative estimate of drug-likeness (QED) is 0.142. The molecule has 1 aliphatic heterocycles. The van der Waals surface area contributed by atoms with Crippen LogP contribution in [0.3, 0.4) is 0 Å². The number of hydrogen-bond donors (Lipinski definition) is 2. The van der Waals surface area contributed by atoms with Gasteiger partial charge < -0.3 is 14.6 Å². The Labute approximate surface area is 298 Å². The van der Waals surface area contributed by atoms with Gasteiger partial charge in [-0.2, -0.15) is 10.3 Å². The number of nitriles is 1. The summed E-state index contributed by atoms with van der Waals surface area (Å²) in [5, 5.41) is 31.0. The Morgan fingerprint density at radius 3 is 2.45 bits per heavy atom. The monoisotopic (exact) mass is 724 g/mol. The number of carbonyl (C=O) groups is 3. The molecule has 2 unspecified atom stereocenters. The Morgan fingerprint density at radius 1 is 1.16 bits per heavy atom. The molecule has 0 saturated carbocycles. The topological polar surface area (TPSA) is 167 Å².